The van der Waals surface area contributed by atoms with Gasteiger partial charge in [0.05, 0.1) is 43.1 Å². The molecular formula is C36H40FN3O6Si. The number of para-hydroxylation sites is 3. The zero-order chi connectivity index (χ0) is 33.1. The first-order valence-electron chi connectivity index (χ1n) is 16.4. The van der Waals surface area contributed by atoms with E-state index in [0.29, 0.717) is 34.9 Å². The first-order valence-corrected chi connectivity index (χ1v) is 19.3. The first-order chi connectivity index (χ1) is 22.5. The van der Waals surface area contributed by atoms with Gasteiger partial charge in [-0.1, -0.05) is 49.4 Å². The number of hydrogen-bond acceptors (Lipinski definition) is 6. The summed E-state index contributed by atoms with van der Waals surface area (Å²) in [6, 6.07) is 22.2. The Kier molecular flexibility index (Phi) is 7.97. The molecule has 4 aliphatic rings. The standard InChI is InChI=1S/C36H40FN3O6Si/c1-23-34(47(2,3)37)31(19-32(42)38-18-8-9-26(38)21-41)46-36(23)27-10-4-5-11-28(27)39(35(36)44)20-24-14-16-25(17-15-24)40-29-12-6-7-13-30(29)45-22-33(40)43/h4-7,10-17,23,26,31,34,41H,8-9,18-22H2,1-3H3/t23-,26-,31+,34-,36+/m0/s1. The average molecular weight is 658 g/mol. The van der Waals surface area contributed by atoms with E-state index in [2.05, 4.69) is 0 Å². The molecule has 1 spiro atoms. The predicted octanol–water partition coefficient (Wildman–Crippen LogP) is 5.44. The van der Waals surface area contributed by atoms with Crippen LogP contribution >= 0.6 is 0 Å². The lowest BCUT2D eigenvalue weighted by Gasteiger charge is -2.31. The van der Waals surface area contributed by atoms with Crippen molar-refractivity contribution in [1.82, 2.24) is 4.90 Å². The van der Waals surface area contributed by atoms with Gasteiger partial charge in [-0.25, -0.2) is 0 Å². The minimum absolute atomic E-state index is 0.0338. The molecule has 1 N–H and O–H groups in total. The minimum atomic E-state index is -3.43. The molecule has 246 valence electrons. The number of benzene rings is 3. The Morgan fingerprint density at radius 2 is 1.72 bits per heavy atom. The molecule has 0 aliphatic carbocycles. The van der Waals surface area contributed by atoms with Crippen LogP contribution < -0.4 is 14.5 Å². The molecule has 0 aromatic heterocycles. The van der Waals surface area contributed by atoms with E-state index in [0.717, 1.165) is 18.4 Å². The van der Waals surface area contributed by atoms with E-state index in [4.69, 9.17) is 9.47 Å². The molecule has 5 atom stereocenters. The number of nitrogens with zero attached hydrogens (tertiary/aromatic N) is 3. The maximum absolute atomic E-state index is 16.2. The largest absolute Gasteiger partial charge is 0.482 e. The van der Waals surface area contributed by atoms with Crippen LogP contribution in [0.4, 0.5) is 21.2 Å². The van der Waals surface area contributed by atoms with E-state index >= 15 is 4.11 Å². The average Bonchev–Trinajstić information content (AvgIpc) is 3.72. The number of fused-ring (bicyclic) bond motifs is 3. The second-order valence-electron chi connectivity index (χ2n) is 13.6. The van der Waals surface area contributed by atoms with Gasteiger partial charge in [-0.3, -0.25) is 19.3 Å². The maximum atomic E-state index is 16.2. The molecule has 47 heavy (non-hydrogen) atoms. The quantitative estimate of drug-likeness (QED) is 0.269. The van der Waals surface area contributed by atoms with Crippen molar-refractivity contribution >= 4 is 43.2 Å². The summed E-state index contributed by atoms with van der Waals surface area (Å²) in [5.74, 6) is -0.477. The summed E-state index contributed by atoms with van der Waals surface area (Å²) in [6.07, 6.45) is 0.745. The summed E-state index contributed by atoms with van der Waals surface area (Å²) in [4.78, 5) is 46.0. The van der Waals surface area contributed by atoms with Crippen LogP contribution in [0.3, 0.4) is 0 Å². The van der Waals surface area contributed by atoms with Crippen LogP contribution in [0.1, 0.15) is 37.3 Å². The fourth-order valence-corrected chi connectivity index (χ4v) is 10.8. The van der Waals surface area contributed by atoms with Crippen LogP contribution in [-0.2, 0) is 31.3 Å². The normalized spacial score (nSPS) is 27.0. The molecule has 0 unspecified atom stereocenters. The summed E-state index contributed by atoms with van der Waals surface area (Å²) in [6.45, 7) is 5.79. The zero-order valence-electron chi connectivity index (χ0n) is 26.9. The second kappa shape index (κ2) is 11.9. The third kappa shape index (κ3) is 5.15. The third-order valence-electron chi connectivity index (χ3n) is 10.4. The molecule has 4 heterocycles. The van der Waals surface area contributed by atoms with E-state index < -0.39 is 31.6 Å². The lowest BCUT2D eigenvalue weighted by molar-refractivity contribution is -0.150. The minimum Gasteiger partial charge on any atom is -0.482 e. The number of halogens is 1. The number of aliphatic hydroxyl groups excluding tert-OH is 1. The highest BCUT2D eigenvalue weighted by molar-refractivity contribution is 6.72. The van der Waals surface area contributed by atoms with Gasteiger partial charge in [0.1, 0.15) is 5.75 Å². The fraction of sp³-hybridized carbons (Fsp3) is 0.417. The Labute approximate surface area is 275 Å². The monoisotopic (exact) mass is 657 g/mol. The maximum Gasteiger partial charge on any atom is 0.269 e. The highest BCUT2D eigenvalue weighted by Crippen LogP contribution is 2.60. The van der Waals surface area contributed by atoms with Crippen molar-refractivity contribution in [3.05, 3.63) is 83.9 Å². The van der Waals surface area contributed by atoms with Gasteiger partial charge in [0.2, 0.25) is 14.3 Å². The first kappa shape index (κ1) is 31.5. The SMILES string of the molecule is C[C@H]1[C@H]([Si](C)(C)F)[C@@H](CC(=O)N2CCC[C@H]2CO)O[C@]12C(=O)N(Cc1ccc(N3C(=O)COc4ccccc43)cc1)c1ccccc12. The van der Waals surface area contributed by atoms with Crippen molar-refractivity contribution in [2.45, 2.75) is 69.1 Å². The molecule has 3 amide bonds. The van der Waals surface area contributed by atoms with Gasteiger partial charge >= 0.3 is 0 Å². The number of rotatable bonds is 7. The summed E-state index contributed by atoms with van der Waals surface area (Å²) in [7, 11) is -3.43. The van der Waals surface area contributed by atoms with Crippen molar-refractivity contribution in [2.75, 3.05) is 29.6 Å². The van der Waals surface area contributed by atoms with Crippen molar-refractivity contribution in [1.29, 1.82) is 0 Å². The van der Waals surface area contributed by atoms with Crippen LogP contribution in [0.5, 0.6) is 5.75 Å². The molecule has 0 saturated carbocycles. The second-order valence-corrected chi connectivity index (χ2v) is 17.4. The number of amides is 3. The van der Waals surface area contributed by atoms with Crippen molar-refractivity contribution in [3.63, 3.8) is 0 Å². The van der Waals surface area contributed by atoms with E-state index in [1.54, 1.807) is 27.8 Å². The Morgan fingerprint density at radius 1 is 1.02 bits per heavy atom. The van der Waals surface area contributed by atoms with Crippen LogP contribution in [0.15, 0.2) is 72.8 Å². The van der Waals surface area contributed by atoms with Crippen LogP contribution in [0, 0.1) is 5.92 Å². The van der Waals surface area contributed by atoms with Gasteiger partial charge in [0, 0.05) is 29.3 Å². The Balaban J connectivity index is 1.18. The van der Waals surface area contributed by atoms with Crippen LogP contribution in [0.25, 0.3) is 0 Å². The van der Waals surface area contributed by atoms with E-state index in [1.807, 2.05) is 79.7 Å². The number of anilines is 3. The molecule has 2 saturated heterocycles. The van der Waals surface area contributed by atoms with Crippen molar-refractivity contribution in [2.24, 2.45) is 5.92 Å². The van der Waals surface area contributed by atoms with Gasteiger partial charge < -0.3 is 28.5 Å². The summed E-state index contributed by atoms with van der Waals surface area (Å²) >= 11 is 0. The molecular weight excluding hydrogens is 617 g/mol. The van der Waals surface area contributed by atoms with Crippen molar-refractivity contribution < 1.29 is 33.1 Å². The third-order valence-corrected chi connectivity index (χ3v) is 12.9. The number of aliphatic hydroxyl groups is 1. The van der Waals surface area contributed by atoms with Gasteiger partial charge in [-0.15, -0.1) is 0 Å². The number of ether oxygens (including phenoxy) is 2. The lowest BCUT2D eigenvalue weighted by atomic mass is 9.82. The molecule has 9 nitrogen and oxygen atoms in total. The molecule has 0 bridgehead atoms. The molecule has 4 aliphatic heterocycles. The van der Waals surface area contributed by atoms with Gasteiger partial charge in [0.25, 0.3) is 11.8 Å². The van der Waals surface area contributed by atoms with Gasteiger partial charge in [-0.2, -0.15) is 0 Å². The number of carbonyl (C=O) groups excluding carboxylic acids is 3. The van der Waals surface area contributed by atoms with E-state index in [9.17, 15) is 19.5 Å². The molecule has 3 aromatic carbocycles. The number of likely N-dealkylation sites (tertiary alicyclic amines) is 1. The molecule has 2 fully saturated rings. The summed E-state index contributed by atoms with van der Waals surface area (Å²) in [5, 5.41) is 9.81. The Morgan fingerprint density at radius 3 is 2.45 bits per heavy atom. The van der Waals surface area contributed by atoms with E-state index in [1.165, 1.54) is 0 Å². The summed E-state index contributed by atoms with van der Waals surface area (Å²) < 4.78 is 28.5. The molecule has 0 radical (unpaired) electrons. The topological polar surface area (TPSA) is 99.6 Å². The fourth-order valence-electron chi connectivity index (χ4n) is 8.32. The van der Waals surface area contributed by atoms with Gasteiger partial charge in [-0.05, 0) is 61.8 Å². The lowest BCUT2D eigenvalue weighted by Crippen LogP contribution is -2.45. The molecule has 3 aromatic rings. The Bertz CT molecular complexity index is 1710. The Hall–Kier alpha value is -4.06. The smallest absolute Gasteiger partial charge is 0.269 e. The number of hydrogen-bond donors (Lipinski definition) is 1. The predicted molar refractivity (Wildman–Crippen MR) is 178 cm³/mol. The highest BCUT2D eigenvalue weighted by Gasteiger charge is 2.67. The molecule has 11 heteroatoms. The highest BCUT2D eigenvalue weighted by atomic mass is 28.4. The van der Waals surface area contributed by atoms with Crippen LogP contribution in [0.2, 0.25) is 18.6 Å². The van der Waals surface area contributed by atoms with E-state index in [-0.39, 0.29) is 49.9 Å². The molecule has 7 rings (SSSR count). The summed E-state index contributed by atoms with van der Waals surface area (Å²) in [5.41, 5.74) is 1.60. The number of carbonyl (C=O) groups is 3. The van der Waals surface area contributed by atoms with Gasteiger partial charge in [0.15, 0.2) is 12.2 Å². The zero-order valence-corrected chi connectivity index (χ0v) is 27.9. The van der Waals surface area contributed by atoms with Crippen LogP contribution in [-0.4, -0.2) is 68.0 Å². The van der Waals surface area contributed by atoms with Crippen molar-refractivity contribution in [3.8, 4) is 5.75 Å².